The van der Waals surface area contributed by atoms with Crippen molar-refractivity contribution in [2.24, 2.45) is 0 Å². The van der Waals surface area contributed by atoms with Crippen molar-refractivity contribution in [2.45, 2.75) is 26.2 Å². The number of aromatic hydroxyl groups is 1. The van der Waals surface area contributed by atoms with Gasteiger partial charge in [0.15, 0.2) is 5.78 Å². The van der Waals surface area contributed by atoms with Crippen molar-refractivity contribution in [1.82, 2.24) is 0 Å². The van der Waals surface area contributed by atoms with Crippen molar-refractivity contribution in [3.05, 3.63) is 69.2 Å². The van der Waals surface area contributed by atoms with E-state index in [0.717, 1.165) is 36.0 Å². The summed E-state index contributed by atoms with van der Waals surface area (Å²) < 4.78 is 1.17. The Bertz CT molecular complexity index is 758. The van der Waals surface area contributed by atoms with Gasteiger partial charge in [0.05, 0.1) is 0 Å². The fourth-order valence-electron chi connectivity index (χ4n) is 2.91. The van der Waals surface area contributed by atoms with Crippen LogP contribution in [0.25, 0.3) is 5.57 Å². The quantitative estimate of drug-likeness (QED) is 0.761. The van der Waals surface area contributed by atoms with Crippen LogP contribution in [0.1, 0.15) is 46.8 Å². The van der Waals surface area contributed by atoms with E-state index in [2.05, 4.69) is 15.9 Å². The van der Waals surface area contributed by atoms with Gasteiger partial charge in [-0.2, -0.15) is 0 Å². The van der Waals surface area contributed by atoms with E-state index in [0.29, 0.717) is 0 Å². The molecule has 1 aliphatic rings. The molecule has 0 fully saturated rings. The molecule has 0 amide bonds. The van der Waals surface area contributed by atoms with Gasteiger partial charge >= 0.3 is 0 Å². The zero-order chi connectivity index (χ0) is 15.7. The monoisotopic (exact) mass is 356 g/mol. The van der Waals surface area contributed by atoms with Crippen molar-refractivity contribution in [2.75, 3.05) is 0 Å². The van der Waals surface area contributed by atoms with Gasteiger partial charge in [0.1, 0.15) is 5.75 Å². The summed E-state index contributed by atoms with van der Waals surface area (Å²) in [5.74, 6) is 0.363. The molecule has 2 aromatic rings. The first kappa shape index (κ1) is 15.0. The third-order valence-electron chi connectivity index (χ3n) is 4.05. The van der Waals surface area contributed by atoms with Crippen LogP contribution < -0.4 is 0 Å². The summed E-state index contributed by atoms with van der Waals surface area (Å²) in [6.45, 7) is 1.60. The van der Waals surface area contributed by atoms with E-state index in [1.165, 1.54) is 15.6 Å². The Kier molecular flexibility index (Phi) is 4.16. The molecule has 0 radical (unpaired) electrons. The fourth-order valence-corrected chi connectivity index (χ4v) is 3.63. The number of Topliss-reactive ketones (excluding diaryl/α,β-unsaturated/α-hetero) is 1. The van der Waals surface area contributed by atoms with Crippen molar-refractivity contribution in [3.8, 4) is 5.75 Å². The number of ketones is 1. The Hall–Kier alpha value is -1.87. The first-order valence-electron chi connectivity index (χ1n) is 7.38. The Morgan fingerprint density at radius 1 is 1.09 bits per heavy atom. The van der Waals surface area contributed by atoms with Gasteiger partial charge in [-0.05, 0) is 66.6 Å². The molecule has 1 aliphatic carbocycles. The highest BCUT2D eigenvalue weighted by Gasteiger charge is 2.18. The summed E-state index contributed by atoms with van der Waals surface area (Å²) in [6, 6.07) is 13.2. The minimum atomic E-state index is 0.0984. The molecular formula is C19H17BrO2. The van der Waals surface area contributed by atoms with E-state index in [4.69, 9.17) is 0 Å². The SMILES string of the molecule is CC(=O)c1ccc2c(c1)CCCC(Br)=C2c1ccc(O)cc1. The fraction of sp³-hybridized carbons (Fsp3) is 0.211. The average Bonchev–Trinajstić information content (AvgIpc) is 2.66. The molecule has 0 saturated carbocycles. The van der Waals surface area contributed by atoms with Crippen LogP contribution in [0.4, 0.5) is 0 Å². The maximum atomic E-state index is 11.6. The van der Waals surface area contributed by atoms with E-state index in [-0.39, 0.29) is 11.5 Å². The van der Waals surface area contributed by atoms with Gasteiger partial charge < -0.3 is 5.11 Å². The number of phenols is 1. The highest BCUT2D eigenvalue weighted by molar-refractivity contribution is 9.11. The summed E-state index contributed by atoms with van der Waals surface area (Å²) in [6.07, 6.45) is 2.99. The molecule has 2 nitrogen and oxygen atoms in total. The number of benzene rings is 2. The smallest absolute Gasteiger partial charge is 0.159 e. The highest BCUT2D eigenvalue weighted by Crippen LogP contribution is 2.38. The molecule has 3 heteroatoms. The topological polar surface area (TPSA) is 37.3 Å². The molecular weight excluding hydrogens is 340 g/mol. The van der Waals surface area contributed by atoms with E-state index < -0.39 is 0 Å². The van der Waals surface area contributed by atoms with Crippen molar-refractivity contribution < 1.29 is 9.90 Å². The lowest BCUT2D eigenvalue weighted by Gasteiger charge is -2.14. The van der Waals surface area contributed by atoms with Crippen molar-refractivity contribution in [1.29, 1.82) is 0 Å². The van der Waals surface area contributed by atoms with Crippen LogP contribution >= 0.6 is 15.9 Å². The number of rotatable bonds is 2. The number of fused-ring (bicyclic) bond motifs is 1. The van der Waals surface area contributed by atoms with Gasteiger partial charge in [-0.3, -0.25) is 4.79 Å². The Labute approximate surface area is 138 Å². The van der Waals surface area contributed by atoms with Crippen LogP contribution in [0.3, 0.4) is 0 Å². The molecule has 0 bridgehead atoms. The van der Waals surface area contributed by atoms with Crippen LogP contribution in [-0.2, 0) is 6.42 Å². The number of phenolic OH excluding ortho intramolecular Hbond substituents is 1. The molecule has 0 spiro atoms. The van der Waals surface area contributed by atoms with E-state index in [1.54, 1.807) is 19.1 Å². The average molecular weight is 357 g/mol. The molecule has 0 unspecified atom stereocenters. The van der Waals surface area contributed by atoms with Gasteiger partial charge in [-0.1, -0.05) is 40.2 Å². The lowest BCUT2D eigenvalue weighted by atomic mass is 9.92. The number of halogens is 1. The summed E-state index contributed by atoms with van der Waals surface area (Å²) in [5.41, 5.74) is 5.37. The normalized spacial score (nSPS) is 14.5. The van der Waals surface area contributed by atoms with Crippen molar-refractivity contribution in [3.63, 3.8) is 0 Å². The number of aryl methyl sites for hydroxylation is 1. The van der Waals surface area contributed by atoms with Crippen LogP contribution in [0, 0.1) is 0 Å². The molecule has 0 aromatic heterocycles. The molecule has 112 valence electrons. The summed E-state index contributed by atoms with van der Waals surface area (Å²) >= 11 is 3.73. The molecule has 0 aliphatic heterocycles. The third kappa shape index (κ3) is 2.86. The van der Waals surface area contributed by atoms with Gasteiger partial charge in [0.25, 0.3) is 0 Å². The minimum Gasteiger partial charge on any atom is -0.508 e. The van der Waals surface area contributed by atoms with Crippen LogP contribution in [-0.4, -0.2) is 10.9 Å². The summed E-state index contributed by atoms with van der Waals surface area (Å²) in [4.78, 5) is 11.6. The predicted octanol–water partition coefficient (Wildman–Crippen LogP) is 5.09. The lowest BCUT2D eigenvalue weighted by molar-refractivity contribution is 0.101. The Balaban J connectivity index is 2.17. The second kappa shape index (κ2) is 6.09. The molecule has 3 rings (SSSR count). The maximum Gasteiger partial charge on any atom is 0.159 e. The van der Waals surface area contributed by atoms with Gasteiger partial charge in [0, 0.05) is 10.0 Å². The molecule has 22 heavy (non-hydrogen) atoms. The number of allylic oxidation sites excluding steroid dienone is 1. The van der Waals surface area contributed by atoms with Crippen LogP contribution in [0.5, 0.6) is 5.75 Å². The first-order valence-corrected chi connectivity index (χ1v) is 8.18. The molecule has 0 atom stereocenters. The third-order valence-corrected chi connectivity index (χ3v) is 4.84. The number of carbonyl (C=O) groups is 1. The molecule has 0 saturated heterocycles. The standard InChI is InChI=1S/C19H17BrO2/c1-12(21)14-7-10-17-15(11-14)3-2-4-18(20)19(17)13-5-8-16(22)9-6-13/h5-11,22H,2-4H2,1H3. The number of hydrogen-bond donors (Lipinski definition) is 1. The van der Waals surface area contributed by atoms with E-state index >= 15 is 0 Å². The molecule has 2 aromatic carbocycles. The Morgan fingerprint density at radius 3 is 2.50 bits per heavy atom. The lowest BCUT2D eigenvalue weighted by Crippen LogP contribution is -1.99. The van der Waals surface area contributed by atoms with Gasteiger partial charge in [-0.15, -0.1) is 0 Å². The van der Waals surface area contributed by atoms with Crippen LogP contribution in [0.2, 0.25) is 0 Å². The van der Waals surface area contributed by atoms with E-state index in [9.17, 15) is 9.90 Å². The zero-order valence-electron chi connectivity index (χ0n) is 12.4. The number of carbonyl (C=O) groups excluding carboxylic acids is 1. The highest BCUT2D eigenvalue weighted by atomic mass is 79.9. The molecule has 1 N–H and O–H groups in total. The minimum absolute atomic E-state index is 0.0984. The summed E-state index contributed by atoms with van der Waals surface area (Å²) in [7, 11) is 0. The second-order valence-corrected chi connectivity index (χ2v) is 6.57. The number of hydrogen-bond acceptors (Lipinski definition) is 2. The second-order valence-electron chi connectivity index (χ2n) is 5.61. The first-order chi connectivity index (χ1) is 10.6. The van der Waals surface area contributed by atoms with Crippen molar-refractivity contribution >= 4 is 27.3 Å². The predicted molar refractivity (Wildman–Crippen MR) is 92.4 cm³/mol. The van der Waals surface area contributed by atoms with Gasteiger partial charge in [-0.25, -0.2) is 0 Å². The zero-order valence-corrected chi connectivity index (χ0v) is 14.0. The largest absolute Gasteiger partial charge is 0.508 e. The molecule has 0 heterocycles. The summed E-state index contributed by atoms with van der Waals surface area (Å²) in [5, 5.41) is 9.50. The maximum absolute atomic E-state index is 11.6. The van der Waals surface area contributed by atoms with Crippen LogP contribution in [0.15, 0.2) is 46.9 Å². The van der Waals surface area contributed by atoms with Gasteiger partial charge in [0.2, 0.25) is 0 Å². The Morgan fingerprint density at radius 2 is 1.82 bits per heavy atom. The van der Waals surface area contributed by atoms with E-state index in [1.807, 2.05) is 30.3 Å².